The highest BCUT2D eigenvalue weighted by molar-refractivity contribution is 9.10. The number of rotatable bonds is 0. The molecular formula is C11H11BrF2O2. The molecule has 1 aromatic carbocycles. The molecule has 0 amide bonds. The van der Waals surface area contributed by atoms with E-state index < -0.39 is 23.3 Å². The first-order valence-corrected chi connectivity index (χ1v) is 5.65. The Morgan fingerprint density at radius 1 is 1.50 bits per heavy atom. The maximum absolute atomic E-state index is 13.5. The van der Waals surface area contributed by atoms with Crippen molar-refractivity contribution in [3.8, 4) is 5.75 Å². The van der Waals surface area contributed by atoms with Crippen molar-refractivity contribution in [3.05, 3.63) is 27.7 Å². The summed E-state index contributed by atoms with van der Waals surface area (Å²) in [6.45, 7) is 3.44. The number of aliphatic hydroxyl groups is 1. The van der Waals surface area contributed by atoms with E-state index in [1.54, 1.807) is 13.8 Å². The van der Waals surface area contributed by atoms with E-state index in [1.165, 1.54) is 0 Å². The third-order valence-corrected chi connectivity index (χ3v) is 3.22. The van der Waals surface area contributed by atoms with Crippen LogP contribution in [0.5, 0.6) is 5.75 Å². The number of hydrogen-bond acceptors (Lipinski definition) is 2. The van der Waals surface area contributed by atoms with Crippen LogP contribution in [0.4, 0.5) is 8.78 Å². The Bertz CT molecular complexity index is 446. The molecule has 16 heavy (non-hydrogen) atoms. The van der Waals surface area contributed by atoms with Gasteiger partial charge in [0.25, 0.3) is 0 Å². The van der Waals surface area contributed by atoms with Crippen LogP contribution in [0.15, 0.2) is 10.5 Å². The van der Waals surface area contributed by atoms with Crippen molar-refractivity contribution in [1.82, 2.24) is 0 Å². The van der Waals surface area contributed by atoms with Crippen LogP contribution >= 0.6 is 15.9 Å². The van der Waals surface area contributed by atoms with Gasteiger partial charge in [-0.15, -0.1) is 0 Å². The Hall–Kier alpha value is -0.680. The van der Waals surface area contributed by atoms with E-state index in [0.717, 1.165) is 6.07 Å². The van der Waals surface area contributed by atoms with Crippen LogP contribution in [0.3, 0.4) is 0 Å². The summed E-state index contributed by atoms with van der Waals surface area (Å²) in [6.07, 6.45) is -0.521. The van der Waals surface area contributed by atoms with Gasteiger partial charge in [0.1, 0.15) is 5.60 Å². The fraction of sp³-hybridized carbons (Fsp3) is 0.455. The lowest BCUT2D eigenvalue weighted by molar-refractivity contribution is 0.00683. The molecule has 2 rings (SSSR count). The smallest absolute Gasteiger partial charge is 0.201 e. The van der Waals surface area contributed by atoms with Gasteiger partial charge >= 0.3 is 0 Å². The quantitative estimate of drug-likeness (QED) is 0.744. The van der Waals surface area contributed by atoms with Crippen LogP contribution in [-0.4, -0.2) is 10.7 Å². The van der Waals surface area contributed by atoms with Crippen LogP contribution in [0.1, 0.15) is 31.9 Å². The highest BCUT2D eigenvalue weighted by Crippen LogP contribution is 2.45. The van der Waals surface area contributed by atoms with E-state index in [9.17, 15) is 13.9 Å². The molecule has 0 aliphatic carbocycles. The Labute approximate surface area is 100 Å². The summed E-state index contributed by atoms with van der Waals surface area (Å²) in [6, 6.07) is 0.999. The van der Waals surface area contributed by atoms with Crippen LogP contribution in [-0.2, 0) is 0 Å². The van der Waals surface area contributed by atoms with Crippen LogP contribution < -0.4 is 4.74 Å². The summed E-state index contributed by atoms with van der Waals surface area (Å²) in [5.41, 5.74) is -0.432. The first-order valence-electron chi connectivity index (χ1n) is 4.86. The van der Waals surface area contributed by atoms with E-state index in [4.69, 9.17) is 4.74 Å². The van der Waals surface area contributed by atoms with Gasteiger partial charge in [-0.05, 0) is 19.9 Å². The summed E-state index contributed by atoms with van der Waals surface area (Å²) in [7, 11) is 0. The summed E-state index contributed by atoms with van der Waals surface area (Å²) >= 11 is 3.10. The predicted octanol–water partition coefficient (Wildman–Crippen LogP) is 3.32. The lowest BCUT2D eigenvalue weighted by Gasteiger charge is -2.36. The van der Waals surface area contributed by atoms with Gasteiger partial charge in [-0.25, -0.2) is 4.39 Å². The average Bonchev–Trinajstić information content (AvgIpc) is 2.11. The minimum Gasteiger partial charge on any atom is -0.484 e. The predicted molar refractivity (Wildman–Crippen MR) is 58.3 cm³/mol. The van der Waals surface area contributed by atoms with Gasteiger partial charge in [-0.1, -0.05) is 15.9 Å². The molecule has 0 saturated carbocycles. The topological polar surface area (TPSA) is 29.5 Å². The van der Waals surface area contributed by atoms with Gasteiger partial charge in [0, 0.05) is 16.5 Å². The van der Waals surface area contributed by atoms with E-state index >= 15 is 0 Å². The SMILES string of the molecule is CC1(C)CC(O)c2c(Br)cc(F)c(F)c2O1. The van der Waals surface area contributed by atoms with Crippen molar-refractivity contribution in [2.75, 3.05) is 0 Å². The molecule has 0 fully saturated rings. The maximum Gasteiger partial charge on any atom is 0.201 e. The molecule has 1 atom stereocenters. The fourth-order valence-electron chi connectivity index (χ4n) is 1.88. The molecule has 1 N–H and O–H groups in total. The highest BCUT2D eigenvalue weighted by Gasteiger charge is 2.37. The molecule has 0 radical (unpaired) electrons. The van der Waals surface area contributed by atoms with Crippen molar-refractivity contribution in [1.29, 1.82) is 0 Å². The summed E-state index contributed by atoms with van der Waals surface area (Å²) < 4.78 is 32.4. The van der Waals surface area contributed by atoms with Gasteiger partial charge in [-0.3, -0.25) is 0 Å². The minimum absolute atomic E-state index is 0.198. The maximum atomic E-state index is 13.5. The molecule has 0 saturated heterocycles. The largest absolute Gasteiger partial charge is 0.484 e. The second kappa shape index (κ2) is 3.67. The van der Waals surface area contributed by atoms with Gasteiger partial charge in [-0.2, -0.15) is 4.39 Å². The average molecular weight is 293 g/mol. The Kier molecular flexibility index (Phi) is 2.70. The molecule has 5 heteroatoms. The molecule has 1 aromatic rings. The molecule has 1 aliphatic heterocycles. The standard InChI is InChI=1S/C11H11BrF2O2/c1-11(2)4-7(15)8-5(12)3-6(13)9(14)10(8)16-11/h3,7,15H,4H2,1-2H3. The zero-order valence-electron chi connectivity index (χ0n) is 8.85. The second-order valence-electron chi connectivity index (χ2n) is 4.48. The third-order valence-electron chi connectivity index (χ3n) is 2.56. The second-order valence-corrected chi connectivity index (χ2v) is 5.33. The summed E-state index contributed by atoms with van der Waals surface area (Å²) in [4.78, 5) is 0. The zero-order valence-corrected chi connectivity index (χ0v) is 10.4. The van der Waals surface area contributed by atoms with Gasteiger partial charge < -0.3 is 9.84 Å². The lowest BCUT2D eigenvalue weighted by Crippen LogP contribution is -2.35. The Morgan fingerprint density at radius 3 is 2.75 bits per heavy atom. The molecule has 0 spiro atoms. The lowest BCUT2D eigenvalue weighted by atomic mass is 9.91. The van der Waals surface area contributed by atoms with E-state index in [-0.39, 0.29) is 11.3 Å². The zero-order chi connectivity index (χ0) is 12.1. The molecule has 2 nitrogen and oxygen atoms in total. The van der Waals surface area contributed by atoms with Gasteiger partial charge in [0.15, 0.2) is 11.6 Å². The van der Waals surface area contributed by atoms with Gasteiger partial charge in [0.2, 0.25) is 5.82 Å². The molecule has 0 aromatic heterocycles. The normalized spacial score (nSPS) is 22.5. The molecule has 1 unspecified atom stereocenters. The van der Waals surface area contributed by atoms with E-state index in [2.05, 4.69) is 15.9 Å². The van der Waals surface area contributed by atoms with E-state index in [1.807, 2.05) is 0 Å². The van der Waals surface area contributed by atoms with E-state index in [0.29, 0.717) is 10.9 Å². The number of fused-ring (bicyclic) bond motifs is 1. The number of ether oxygens (including phenoxy) is 1. The molecule has 88 valence electrons. The fourth-order valence-corrected chi connectivity index (χ4v) is 2.53. The van der Waals surface area contributed by atoms with Crippen molar-refractivity contribution in [3.63, 3.8) is 0 Å². The number of hydrogen-bond donors (Lipinski definition) is 1. The molecule has 1 aliphatic rings. The number of benzene rings is 1. The molecule has 1 heterocycles. The van der Waals surface area contributed by atoms with Crippen molar-refractivity contribution < 1.29 is 18.6 Å². The third kappa shape index (κ3) is 1.82. The van der Waals surface area contributed by atoms with Crippen molar-refractivity contribution in [2.24, 2.45) is 0 Å². The molecular weight excluding hydrogens is 282 g/mol. The molecule has 0 bridgehead atoms. The van der Waals surface area contributed by atoms with Crippen molar-refractivity contribution >= 4 is 15.9 Å². The highest BCUT2D eigenvalue weighted by atomic mass is 79.9. The van der Waals surface area contributed by atoms with Crippen LogP contribution in [0.2, 0.25) is 0 Å². The first kappa shape index (κ1) is 11.8. The Morgan fingerprint density at radius 2 is 2.12 bits per heavy atom. The van der Waals surface area contributed by atoms with Gasteiger partial charge in [0.05, 0.1) is 6.10 Å². The van der Waals surface area contributed by atoms with Crippen molar-refractivity contribution in [2.45, 2.75) is 32.0 Å². The minimum atomic E-state index is -1.05. The van der Waals surface area contributed by atoms with Crippen LogP contribution in [0.25, 0.3) is 0 Å². The Balaban J connectivity index is 2.65. The van der Waals surface area contributed by atoms with Crippen LogP contribution in [0, 0.1) is 11.6 Å². The summed E-state index contributed by atoms with van der Waals surface area (Å²) in [5.74, 6) is -2.24. The first-order chi connectivity index (χ1) is 7.32. The number of aliphatic hydroxyl groups excluding tert-OH is 1. The monoisotopic (exact) mass is 292 g/mol. The summed E-state index contributed by atoms with van der Waals surface area (Å²) in [5, 5.41) is 9.89. The number of halogens is 3.